The largest absolute Gasteiger partial charge is 0.455 e. The number of benzene rings is 3. The lowest BCUT2D eigenvalue weighted by Gasteiger charge is -2.15. The van der Waals surface area contributed by atoms with Gasteiger partial charge in [0, 0.05) is 5.69 Å². The van der Waals surface area contributed by atoms with E-state index in [2.05, 4.69) is 10.0 Å². The van der Waals surface area contributed by atoms with Gasteiger partial charge in [0.1, 0.15) is 5.75 Å². The second-order valence-electron chi connectivity index (χ2n) is 6.51. The first-order valence-corrected chi connectivity index (χ1v) is 10.2. The number of aryl methyl sites for hydroxylation is 1. The lowest BCUT2D eigenvalue weighted by atomic mass is 10.2. The Morgan fingerprint density at radius 1 is 0.964 bits per heavy atom. The summed E-state index contributed by atoms with van der Waals surface area (Å²) >= 11 is 0. The van der Waals surface area contributed by atoms with Crippen molar-refractivity contribution < 1.29 is 17.9 Å². The van der Waals surface area contributed by atoms with Crippen LogP contribution in [0.3, 0.4) is 0 Å². The van der Waals surface area contributed by atoms with Gasteiger partial charge in [-0.05, 0) is 54.4 Å². The molecule has 0 fully saturated rings. The monoisotopic (exact) mass is 394 g/mol. The third-order valence-corrected chi connectivity index (χ3v) is 5.82. The second kappa shape index (κ2) is 7.01. The quantitative estimate of drug-likeness (QED) is 0.683. The van der Waals surface area contributed by atoms with E-state index in [1.165, 1.54) is 12.1 Å². The van der Waals surface area contributed by atoms with Crippen molar-refractivity contribution in [1.29, 1.82) is 0 Å². The van der Waals surface area contributed by atoms with Gasteiger partial charge in [-0.15, -0.1) is 0 Å². The Morgan fingerprint density at radius 3 is 2.46 bits per heavy atom. The van der Waals surface area contributed by atoms with E-state index in [1.54, 1.807) is 30.3 Å². The molecule has 7 heteroatoms. The number of hydrogen-bond donors (Lipinski definition) is 2. The first kappa shape index (κ1) is 18.1. The standard InChI is InChI=1S/C21H18N2O4S/c1-14-6-2-4-8-19(14)27-20-9-5-3-7-18(20)23-28(25,26)16-10-11-17-15(12-16)13-21(24)22-17/h2-12,23H,13H2,1H3,(H,22,24). The number of fused-ring (bicyclic) bond motifs is 1. The minimum absolute atomic E-state index is 0.0912. The van der Waals surface area contributed by atoms with Gasteiger partial charge < -0.3 is 10.1 Å². The van der Waals surface area contributed by atoms with Crippen molar-refractivity contribution in [1.82, 2.24) is 0 Å². The Hall–Kier alpha value is -3.32. The molecule has 2 N–H and O–H groups in total. The zero-order valence-corrected chi connectivity index (χ0v) is 15.9. The fourth-order valence-corrected chi connectivity index (χ4v) is 4.13. The Bertz CT molecular complexity index is 1170. The Morgan fingerprint density at radius 2 is 1.68 bits per heavy atom. The Kier molecular flexibility index (Phi) is 4.52. The molecule has 3 aromatic rings. The van der Waals surface area contributed by atoms with Crippen LogP contribution in [0.5, 0.6) is 11.5 Å². The highest BCUT2D eigenvalue weighted by Crippen LogP contribution is 2.33. The van der Waals surface area contributed by atoms with Crippen molar-refractivity contribution in [3.8, 4) is 11.5 Å². The van der Waals surface area contributed by atoms with Gasteiger partial charge in [0.05, 0.1) is 17.0 Å². The number of ether oxygens (including phenoxy) is 1. The first-order chi connectivity index (χ1) is 13.4. The normalized spacial score (nSPS) is 13.0. The molecule has 142 valence electrons. The first-order valence-electron chi connectivity index (χ1n) is 8.70. The molecule has 1 amide bonds. The number of hydrogen-bond acceptors (Lipinski definition) is 4. The van der Waals surface area contributed by atoms with Gasteiger partial charge >= 0.3 is 0 Å². The van der Waals surface area contributed by atoms with Crippen molar-refractivity contribution >= 4 is 27.3 Å². The van der Waals surface area contributed by atoms with Crippen LogP contribution in [0.1, 0.15) is 11.1 Å². The summed E-state index contributed by atoms with van der Waals surface area (Å²) in [5.74, 6) is 0.907. The van der Waals surface area contributed by atoms with E-state index in [4.69, 9.17) is 4.74 Å². The van der Waals surface area contributed by atoms with Gasteiger partial charge in [0.2, 0.25) is 5.91 Å². The Balaban J connectivity index is 1.63. The summed E-state index contributed by atoms with van der Waals surface area (Å²) in [6, 6.07) is 18.9. The van der Waals surface area contributed by atoms with Gasteiger partial charge in [-0.25, -0.2) is 8.42 Å². The SMILES string of the molecule is Cc1ccccc1Oc1ccccc1NS(=O)(=O)c1ccc2c(c1)CC(=O)N2. The molecular formula is C21H18N2O4S. The molecule has 0 saturated carbocycles. The highest BCUT2D eigenvalue weighted by Gasteiger charge is 2.22. The van der Waals surface area contributed by atoms with E-state index in [0.717, 1.165) is 5.56 Å². The lowest BCUT2D eigenvalue weighted by molar-refractivity contribution is -0.115. The maximum absolute atomic E-state index is 12.9. The number of nitrogens with one attached hydrogen (secondary N) is 2. The van der Waals surface area contributed by atoms with Crippen molar-refractivity contribution in [2.45, 2.75) is 18.2 Å². The van der Waals surface area contributed by atoms with Gasteiger partial charge in [-0.2, -0.15) is 0 Å². The zero-order chi connectivity index (χ0) is 19.7. The highest BCUT2D eigenvalue weighted by atomic mass is 32.2. The summed E-state index contributed by atoms with van der Waals surface area (Å²) < 4.78 is 34.3. The number of carbonyl (C=O) groups is 1. The molecule has 28 heavy (non-hydrogen) atoms. The number of para-hydroxylation sites is 3. The van der Waals surface area contributed by atoms with Crippen molar-refractivity contribution in [3.05, 3.63) is 77.9 Å². The van der Waals surface area contributed by atoms with Crippen molar-refractivity contribution in [2.24, 2.45) is 0 Å². The molecule has 4 rings (SSSR count). The number of sulfonamides is 1. The lowest BCUT2D eigenvalue weighted by Crippen LogP contribution is -2.13. The van der Waals surface area contributed by atoms with Crippen LogP contribution in [-0.2, 0) is 21.2 Å². The third kappa shape index (κ3) is 3.57. The maximum atomic E-state index is 12.9. The molecule has 0 aromatic heterocycles. The van der Waals surface area contributed by atoms with Crippen LogP contribution in [0.4, 0.5) is 11.4 Å². The molecular weight excluding hydrogens is 376 g/mol. The molecule has 0 spiro atoms. The molecule has 0 radical (unpaired) electrons. The van der Waals surface area contributed by atoms with Gasteiger partial charge in [-0.3, -0.25) is 9.52 Å². The number of carbonyl (C=O) groups excluding carboxylic acids is 1. The van der Waals surface area contributed by atoms with Crippen molar-refractivity contribution in [3.63, 3.8) is 0 Å². The molecule has 1 heterocycles. The van der Waals surface area contributed by atoms with Crippen LogP contribution in [0, 0.1) is 6.92 Å². The average Bonchev–Trinajstić information content (AvgIpc) is 3.04. The molecule has 1 aliphatic heterocycles. The highest BCUT2D eigenvalue weighted by molar-refractivity contribution is 7.92. The van der Waals surface area contributed by atoms with E-state index >= 15 is 0 Å². The van der Waals surface area contributed by atoms with Gasteiger partial charge in [-0.1, -0.05) is 30.3 Å². The van der Waals surface area contributed by atoms with Crippen LogP contribution in [0.25, 0.3) is 0 Å². The van der Waals surface area contributed by atoms with E-state index in [9.17, 15) is 13.2 Å². The summed E-state index contributed by atoms with van der Waals surface area (Å²) in [7, 11) is -3.85. The minimum atomic E-state index is -3.85. The van der Waals surface area contributed by atoms with E-state index < -0.39 is 10.0 Å². The Labute approximate surface area is 163 Å². The van der Waals surface area contributed by atoms with Gasteiger partial charge in [0.15, 0.2) is 5.75 Å². The van der Waals surface area contributed by atoms with Crippen LogP contribution in [0.15, 0.2) is 71.6 Å². The summed E-state index contributed by atoms with van der Waals surface area (Å²) in [6.45, 7) is 1.92. The molecule has 0 saturated heterocycles. The summed E-state index contributed by atoms with van der Waals surface area (Å²) in [6.07, 6.45) is 0.172. The number of rotatable bonds is 5. The summed E-state index contributed by atoms with van der Waals surface area (Å²) in [4.78, 5) is 11.6. The topological polar surface area (TPSA) is 84.5 Å². The minimum Gasteiger partial charge on any atom is -0.455 e. The molecule has 3 aromatic carbocycles. The smallest absolute Gasteiger partial charge is 0.262 e. The van der Waals surface area contributed by atoms with Crippen LogP contribution in [0.2, 0.25) is 0 Å². The fraction of sp³-hybridized carbons (Fsp3) is 0.0952. The maximum Gasteiger partial charge on any atom is 0.262 e. The summed E-state index contributed by atoms with van der Waals surface area (Å²) in [5, 5.41) is 2.69. The van der Waals surface area contributed by atoms with Crippen LogP contribution >= 0.6 is 0 Å². The fourth-order valence-electron chi connectivity index (χ4n) is 3.01. The predicted octanol–water partition coefficient (Wildman–Crippen LogP) is 4.08. The number of anilines is 2. The summed E-state index contributed by atoms with van der Waals surface area (Å²) in [5.41, 5.74) is 2.58. The third-order valence-electron chi connectivity index (χ3n) is 4.46. The molecule has 0 atom stereocenters. The molecule has 0 unspecified atom stereocenters. The molecule has 1 aliphatic rings. The van der Waals surface area contributed by atoms with E-state index in [1.807, 2.05) is 31.2 Å². The van der Waals surface area contributed by atoms with Crippen molar-refractivity contribution in [2.75, 3.05) is 10.0 Å². The molecule has 0 bridgehead atoms. The van der Waals surface area contributed by atoms with Crippen LogP contribution in [-0.4, -0.2) is 14.3 Å². The predicted molar refractivity (Wildman–Crippen MR) is 107 cm³/mol. The second-order valence-corrected chi connectivity index (χ2v) is 8.20. The van der Waals surface area contributed by atoms with E-state index in [-0.39, 0.29) is 17.2 Å². The molecule has 0 aliphatic carbocycles. The zero-order valence-electron chi connectivity index (χ0n) is 15.1. The van der Waals surface area contributed by atoms with E-state index in [0.29, 0.717) is 28.4 Å². The molecule has 6 nitrogen and oxygen atoms in total. The number of amides is 1. The van der Waals surface area contributed by atoms with Gasteiger partial charge in [0.25, 0.3) is 10.0 Å². The van der Waals surface area contributed by atoms with Crippen LogP contribution < -0.4 is 14.8 Å². The average molecular weight is 394 g/mol.